The van der Waals surface area contributed by atoms with Crippen molar-refractivity contribution in [1.82, 2.24) is 0 Å². The predicted octanol–water partition coefficient (Wildman–Crippen LogP) is 1.52. The summed E-state index contributed by atoms with van der Waals surface area (Å²) in [4.78, 5) is 0. The lowest BCUT2D eigenvalue weighted by Crippen LogP contribution is -2.27. The molecule has 0 amide bonds. The number of hydrogen-bond donors (Lipinski definition) is 0. The average molecular weight is 160 g/mol. The van der Waals surface area contributed by atoms with Crippen molar-refractivity contribution in [2.24, 2.45) is 0 Å². The van der Waals surface area contributed by atoms with Gasteiger partial charge in [0.05, 0.1) is 19.8 Å². The summed E-state index contributed by atoms with van der Waals surface area (Å²) in [5.41, 5.74) is 0. The Labute approximate surface area is 67.6 Å². The first-order chi connectivity index (χ1) is 5.43. The van der Waals surface area contributed by atoms with E-state index in [1.807, 2.05) is 0 Å². The molecule has 0 radical (unpaired) electrons. The third-order valence-corrected chi connectivity index (χ3v) is 1.55. The van der Waals surface area contributed by atoms with Gasteiger partial charge in [-0.15, -0.1) is 0 Å². The van der Waals surface area contributed by atoms with Crippen molar-refractivity contribution >= 4 is 0 Å². The third kappa shape index (κ3) is 3.70. The van der Waals surface area contributed by atoms with Crippen LogP contribution in [0.3, 0.4) is 0 Å². The van der Waals surface area contributed by atoms with Gasteiger partial charge in [0.15, 0.2) is 0 Å². The highest BCUT2D eigenvalue weighted by Crippen LogP contribution is 2.06. The van der Waals surface area contributed by atoms with Crippen molar-refractivity contribution in [3.63, 3.8) is 0 Å². The summed E-state index contributed by atoms with van der Waals surface area (Å²) in [6, 6.07) is 0. The highest BCUT2D eigenvalue weighted by atomic mass is 16.8. The van der Waals surface area contributed by atoms with E-state index in [4.69, 9.17) is 14.2 Å². The van der Waals surface area contributed by atoms with E-state index in [-0.39, 0.29) is 0 Å². The molecule has 1 aliphatic heterocycles. The lowest BCUT2D eigenvalue weighted by molar-refractivity contribution is -0.310. The summed E-state index contributed by atoms with van der Waals surface area (Å²) < 4.78 is 15.6. The number of ether oxygens (including phenoxy) is 3. The molecule has 1 heterocycles. The third-order valence-electron chi connectivity index (χ3n) is 1.55. The molecule has 1 aliphatic rings. The summed E-state index contributed by atoms with van der Waals surface area (Å²) in [5.74, 6) is 0. The van der Waals surface area contributed by atoms with E-state index in [9.17, 15) is 0 Å². The Morgan fingerprint density at radius 3 is 2.73 bits per heavy atom. The van der Waals surface area contributed by atoms with Crippen LogP contribution in [0, 0.1) is 0 Å². The number of rotatable bonds is 4. The highest BCUT2D eigenvalue weighted by molar-refractivity contribution is 4.41. The molecule has 0 spiro atoms. The van der Waals surface area contributed by atoms with Crippen molar-refractivity contribution in [1.29, 1.82) is 0 Å². The van der Waals surface area contributed by atoms with Crippen LogP contribution in [-0.4, -0.2) is 26.3 Å². The minimum absolute atomic E-state index is 0.393. The van der Waals surface area contributed by atoms with E-state index < -0.39 is 6.48 Å². The second kappa shape index (κ2) is 5.52. The fourth-order valence-electron chi connectivity index (χ4n) is 0.886. The second-order valence-electron chi connectivity index (χ2n) is 2.61. The summed E-state index contributed by atoms with van der Waals surface area (Å²) in [6.45, 7) is 4.00. The SMILES string of the molecule is CCCCOC1OCCCO1. The maximum absolute atomic E-state index is 5.28. The van der Waals surface area contributed by atoms with Crippen LogP contribution in [0.25, 0.3) is 0 Å². The monoisotopic (exact) mass is 160 g/mol. The molecule has 0 saturated carbocycles. The van der Waals surface area contributed by atoms with Gasteiger partial charge in [-0.3, -0.25) is 0 Å². The van der Waals surface area contributed by atoms with Crippen molar-refractivity contribution in [3.8, 4) is 0 Å². The van der Waals surface area contributed by atoms with Gasteiger partial charge < -0.3 is 14.2 Å². The normalized spacial score (nSPS) is 20.5. The van der Waals surface area contributed by atoms with Gasteiger partial charge in [0, 0.05) is 0 Å². The summed E-state index contributed by atoms with van der Waals surface area (Å²) in [7, 11) is 0. The van der Waals surface area contributed by atoms with Crippen molar-refractivity contribution in [3.05, 3.63) is 0 Å². The minimum Gasteiger partial charge on any atom is -0.330 e. The van der Waals surface area contributed by atoms with Crippen LogP contribution in [0.5, 0.6) is 0 Å². The van der Waals surface area contributed by atoms with Gasteiger partial charge in [-0.05, 0) is 12.8 Å². The van der Waals surface area contributed by atoms with E-state index in [1.165, 1.54) is 0 Å². The largest absolute Gasteiger partial charge is 0.330 e. The van der Waals surface area contributed by atoms with E-state index >= 15 is 0 Å². The summed E-state index contributed by atoms with van der Waals surface area (Å²) in [5, 5.41) is 0. The molecule has 1 saturated heterocycles. The van der Waals surface area contributed by atoms with Crippen LogP contribution in [0.15, 0.2) is 0 Å². The maximum atomic E-state index is 5.28. The van der Waals surface area contributed by atoms with Crippen LogP contribution in [-0.2, 0) is 14.2 Å². The summed E-state index contributed by atoms with van der Waals surface area (Å²) in [6.07, 6.45) is 3.20. The Kier molecular flexibility index (Phi) is 4.50. The molecule has 66 valence electrons. The Morgan fingerprint density at radius 1 is 1.36 bits per heavy atom. The standard InChI is InChI=1S/C8H16O3/c1-2-3-5-9-8-10-6-4-7-11-8/h8H,2-7H2,1H3. The minimum atomic E-state index is -0.393. The van der Waals surface area contributed by atoms with Crippen LogP contribution in [0.4, 0.5) is 0 Å². The van der Waals surface area contributed by atoms with Crippen LogP contribution >= 0.6 is 0 Å². The van der Waals surface area contributed by atoms with Gasteiger partial charge in [-0.25, -0.2) is 0 Å². The van der Waals surface area contributed by atoms with Gasteiger partial charge in [0.25, 0.3) is 6.48 Å². The molecule has 11 heavy (non-hydrogen) atoms. The Hall–Kier alpha value is -0.120. The predicted molar refractivity (Wildman–Crippen MR) is 41.2 cm³/mol. The van der Waals surface area contributed by atoms with Crippen molar-refractivity contribution in [2.75, 3.05) is 19.8 Å². The lowest BCUT2D eigenvalue weighted by Gasteiger charge is -2.22. The van der Waals surface area contributed by atoms with Gasteiger partial charge >= 0.3 is 0 Å². The maximum Gasteiger partial charge on any atom is 0.271 e. The number of unbranched alkanes of at least 4 members (excludes halogenated alkanes) is 1. The molecule has 3 nitrogen and oxygen atoms in total. The molecule has 0 aromatic rings. The molecule has 0 aromatic heterocycles. The van der Waals surface area contributed by atoms with Crippen LogP contribution in [0.2, 0.25) is 0 Å². The molecule has 0 N–H and O–H groups in total. The molecule has 1 fully saturated rings. The molecule has 0 atom stereocenters. The molecule has 0 bridgehead atoms. The molecule has 3 heteroatoms. The second-order valence-corrected chi connectivity index (χ2v) is 2.61. The molecule has 0 unspecified atom stereocenters. The Balaban J connectivity index is 1.96. The summed E-state index contributed by atoms with van der Waals surface area (Å²) >= 11 is 0. The van der Waals surface area contributed by atoms with Crippen molar-refractivity contribution < 1.29 is 14.2 Å². The number of hydrogen-bond acceptors (Lipinski definition) is 3. The van der Waals surface area contributed by atoms with Gasteiger partial charge in [-0.2, -0.15) is 0 Å². The molecule has 0 aromatic carbocycles. The van der Waals surface area contributed by atoms with E-state index in [2.05, 4.69) is 6.92 Å². The Bertz CT molecular complexity index is 89.3. The van der Waals surface area contributed by atoms with Gasteiger partial charge in [-0.1, -0.05) is 13.3 Å². The van der Waals surface area contributed by atoms with Gasteiger partial charge in [0.2, 0.25) is 0 Å². The first-order valence-electron chi connectivity index (χ1n) is 4.28. The zero-order chi connectivity index (χ0) is 7.94. The quantitative estimate of drug-likeness (QED) is 0.584. The first kappa shape index (κ1) is 8.97. The molecule has 1 rings (SSSR count). The smallest absolute Gasteiger partial charge is 0.271 e. The average Bonchev–Trinajstić information content (AvgIpc) is 2.07. The molecular formula is C8H16O3. The fraction of sp³-hybridized carbons (Fsp3) is 1.00. The first-order valence-corrected chi connectivity index (χ1v) is 4.28. The van der Waals surface area contributed by atoms with E-state index in [0.29, 0.717) is 0 Å². The van der Waals surface area contributed by atoms with Crippen LogP contribution < -0.4 is 0 Å². The Morgan fingerprint density at radius 2 is 2.09 bits per heavy atom. The molecular weight excluding hydrogens is 144 g/mol. The topological polar surface area (TPSA) is 27.7 Å². The zero-order valence-corrected chi connectivity index (χ0v) is 7.04. The van der Waals surface area contributed by atoms with Crippen LogP contribution in [0.1, 0.15) is 26.2 Å². The van der Waals surface area contributed by atoms with Crippen molar-refractivity contribution in [2.45, 2.75) is 32.7 Å². The van der Waals surface area contributed by atoms with E-state index in [1.54, 1.807) is 0 Å². The fourth-order valence-corrected chi connectivity index (χ4v) is 0.886. The van der Waals surface area contributed by atoms with Gasteiger partial charge in [0.1, 0.15) is 0 Å². The molecule has 0 aliphatic carbocycles. The zero-order valence-electron chi connectivity index (χ0n) is 7.04. The highest BCUT2D eigenvalue weighted by Gasteiger charge is 2.13. The lowest BCUT2D eigenvalue weighted by atomic mass is 10.4. The van der Waals surface area contributed by atoms with E-state index in [0.717, 1.165) is 39.1 Å².